The number of nitrogen functional groups attached to an aromatic ring is 1. The Kier molecular flexibility index (Phi) is 3.20. The number of hydrogen-bond donors (Lipinski definition) is 2. The molecule has 0 saturated heterocycles. The first-order valence-electron chi connectivity index (χ1n) is 5.06. The number of hydrogen-bond acceptors (Lipinski definition) is 6. The number of nitrogens with zero attached hydrogens (tertiary/aromatic N) is 4. The molecule has 0 unspecified atom stereocenters. The van der Waals surface area contributed by atoms with Crippen LogP contribution in [0.3, 0.4) is 0 Å². The zero-order chi connectivity index (χ0) is 12.3. The highest BCUT2D eigenvalue weighted by Crippen LogP contribution is 2.18. The third-order valence-electron chi connectivity index (χ3n) is 2.19. The predicted octanol–water partition coefficient (Wildman–Crippen LogP) is -0.0768. The predicted molar refractivity (Wildman–Crippen MR) is 61.3 cm³/mol. The largest absolute Gasteiger partial charge is 0.481 e. The van der Waals surface area contributed by atoms with Crippen LogP contribution in [0.5, 0.6) is 5.88 Å². The summed E-state index contributed by atoms with van der Waals surface area (Å²) in [5.74, 6) is 1.36. The fourth-order valence-corrected chi connectivity index (χ4v) is 1.39. The van der Waals surface area contributed by atoms with Gasteiger partial charge in [0.25, 0.3) is 0 Å². The van der Waals surface area contributed by atoms with Crippen LogP contribution in [-0.2, 0) is 6.54 Å². The number of nitrogens with two attached hydrogens (primary N) is 1. The van der Waals surface area contributed by atoms with Crippen molar-refractivity contribution in [2.75, 3.05) is 19.5 Å². The Morgan fingerprint density at radius 1 is 1.53 bits per heavy atom. The molecule has 0 amide bonds. The zero-order valence-electron chi connectivity index (χ0n) is 9.37. The van der Waals surface area contributed by atoms with Gasteiger partial charge >= 0.3 is 0 Å². The SMILES string of the molecule is COc1ccnc(-c2cc(N)n(CCO)n2)n1. The van der Waals surface area contributed by atoms with Crippen LogP contribution >= 0.6 is 0 Å². The van der Waals surface area contributed by atoms with Crippen LogP contribution in [0, 0.1) is 0 Å². The normalized spacial score (nSPS) is 10.5. The average molecular weight is 235 g/mol. The number of aromatic nitrogens is 4. The van der Waals surface area contributed by atoms with Crippen molar-refractivity contribution in [3.05, 3.63) is 18.3 Å². The zero-order valence-corrected chi connectivity index (χ0v) is 9.37. The molecule has 7 heteroatoms. The van der Waals surface area contributed by atoms with E-state index in [1.54, 1.807) is 18.3 Å². The molecule has 0 bridgehead atoms. The summed E-state index contributed by atoms with van der Waals surface area (Å²) in [6.07, 6.45) is 1.59. The number of rotatable bonds is 4. The van der Waals surface area contributed by atoms with Crippen LogP contribution in [0.4, 0.5) is 5.82 Å². The molecule has 0 fully saturated rings. The topological polar surface area (TPSA) is 99.1 Å². The number of ether oxygens (including phenoxy) is 1. The van der Waals surface area contributed by atoms with E-state index in [1.807, 2.05) is 0 Å². The van der Waals surface area contributed by atoms with Crippen molar-refractivity contribution in [3.8, 4) is 17.4 Å². The first-order chi connectivity index (χ1) is 8.24. The van der Waals surface area contributed by atoms with Crippen LogP contribution in [0.25, 0.3) is 11.5 Å². The highest BCUT2D eigenvalue weighted by atomic mass is 16.5. The molecule has 0 spiro atoms. The van der Waals surface area contributed by atoms with E-state index >= 15 is 0 Å². The van der Waals surface area contributed by atoms with Crippen LogP contribution in [0.15, 0.2) is 18.3 Å². The minimum atomic E-state index is -0.0235. The Hall–Kier alpha value is -2.15. The Morgan fingerprint density at radius 2 is 2.35 bits per heavy atom. The number of anilines is 1. The van der Waals surface area contributed by atoms with E-state index in [2.05, 4.69) is 15.1 Å². The first kappa shape index (κ1) is 11.3. The summed E-state index contributed by atoms with van der Waals surface area (Å²) >= 11 is 0. The van der Waals surface area contributed by atoms with E-state index in [1.165, 1.54) is 11.8 Å². The van der Waals surface area contributed by atoms with Crippen LogP contribution in [-0.4, -0.2) is 38.6 Å². The highest BCUT2D eigenvalue weighted by Gasteiger charge is 2.10. The lowest BCUT2D eigenvalue weighted by Crippen LogP contribution is -2.07. The molecule has 0 saturated carbocycles. The maximum absolute atomic E-state index is 8.84. The lowest BCUT2D eigenvalue weighted by Gasteiger charge is -2.00. The minimum absolute atomic E-state index is 0.0235. The summed E-state index contributed by atoms with van der Waals surface area (Å²) in [5, 5.41) is 13.0. The standard InChI is InChI=1S/C10H13N5O2/c1-17-9-2-3-12-10(13-9)7-6-8(11)15(14-7)4-5-16/h2-3,6,16H,4-5,11H2,1H3. The highest BCUT2D eigenvalue weighted by molar-refractivity contribution is 5.54. The average Bonchev–Trinajstić information content (AvgIpc) is 2.72. The fraction of sp³-hybridized carbons (Fsp3) is 0.300. The van der Waals surface area contributed by atoms with Crippen LogP contribution in [0.1, 0.15) is 0 Å². The summed E-state index contributed by atoms with van der Waals surface area (Å²) in [4.78, 5) is 8.24. The minimum Gasteiger partial charge on any atom is -0.481 e. The van der Waals surface area contributed by atoms with E-state index in [-0.39, 0.29) is 6.61 Å². The molecule has 7 nitrogen and oxygen atoms in total. The summed E-state index contributed by atoms with van der Waals surface area (Å²) in [5.41, 5.74) is 6.29. The molecule has 0 aliphatic carbocycles. The quantitative estimate of drug-likeness (QED) is 0.769. The Bertz CT molecular complexity index is 511. The molecule has 0 aromatic carbocycles. The molecule has 2 aromatic heterocycles. The van der Waals surface area contributed by atoms with Crippen LogP contribution in [0.2, 0.25) is 0 Å². The number of aliphatic hydroxyl groups is 1. The molecule has 17 heavy (non-hydrogen) atoms. The number of aliphatic hydroxyl groups excluding tert-OH is 1. The van der Waals surface area contributed by atoms with Crippen molar-refractivity contribution in [3.63, 3.8) is 0 Å². The molecule has 2 rings (SSSR count). The second-order valence-corrected chi connectivity index (χ2v) is 3.32. The van der Waals surface area contributed by atoms with Gasteiger partial charge < -0.3 is 15.6 Å². The van der Waals surface area contributed by atoms with Gasteiger partial charge in [-0.15, -0.1) is 0 Å². The Balaban J connectivity index is 2.35. The van der Waals surface area contributed by atoms with Gasteiger partial charge in [-0.1, -0.05) is 0 Å². The molecule has 0 aliphatic heterocycles. The van der Waals surface area contributed by atoms with E-state index in [0.29, 0.717) is 29.8 Å². The van der Waals surface area contributed by atoms with E-state index in [0.717, 1.165) is 0 Å². The summed E-state index contributed by atoms with van der Waals surface area (Å²) in [6.45, 7) is 0.320. The van der Waals surface area contributed by atoms with Crippen molar-refractivity contribution in [1.29, 1.82) is 0 Å². The van der Waals surface area contributed by atoms with E-state index < -0.39 is 0 Å². The van der Waals surface area contributed by atoms with Gasteiger partial charge in [0, 0.05) is 18.3 Å². The van der Waals surface area contributed by atoms with Gasteiger partial charge in [0.2, 0.25) is 5.88 Å². The molecule has 3 N–H and O–H groups in total. The van der Waals surface area contributed by atoms with Crippen molar-refractivity contribution >= 4 is 5.82 Å². The van der Waals surface area contributed by atoms with E-state index in [4.69, 9.17) is 15.6 Å². The smallest absolute Gasteiger partial charge is 0.216 e. The molecule has 0 atom stereocenters. The molecular weight excluding hydrogens is 222 g/mol. The van der Waals surface area contributed by atoms with E-state index in [9.17, 15) is 0 Å². The van der Waals surface area contributed by atoms with Crippen LogP contribution < -0.4 is 10.5 Å². The summed E-state index contributed by atoms with van der Waals surface area (Å²) in [7, 11) is 1.53. The van der Waals surface area contributed by atoms with Gasteiger partial charge in [-0.3, -0.25) is 0 Å². The van der Waals surface area contributed by atoms with Gasteiger partial charge in [0.1, 0.15) is 11.5 Å². The fourth-order valence-electron chi connectivity index (χ4n) is 1.39. The number of methoxy groups -OCH3 is 1. The van der Waals surface area contributed by atoms with Crippen molar-refractivity contribution in [2.24, 2.45) is 0 Å². The molecular formula is C10H13N5O2. The molecule has 90 valence electrons. The lowest BCUT2D eigenvalue weighted by molar-refractivity contribution is 0.270. The first-order valence-corrected chi connectivity index (χ1v) is 5.06. The Morgan fingerprint density at radius 3 is 3.06 bits per heavy atom. The van der Waals surface area contributed by atoms with Gasteiger partial charge in [0.05, 0.1) is 20.3 Å². The molecule has 0 aliphatic rings. The van der Waals surface area contributed by atoms with Crippen molar-refractivity contribution < 1.29 is 9.84 Å². The van der Waals surface area contributed by atoms with Crippen molar-refractivity contribution in [1.82, 2.24) is 19.7 Å². The third kappa shape index (κ3) is 2.34. The third-order valence-corrected chi connectivity index (χ3v) is 2.19. The maximum Gasteiger partial charge on any atom is 0.216 e. The monoisotopic (exact) mass is 235 g/mol. The summed E-state index contributed by atoms with van der Waals surface area (Å²) in [6, 6.07) is 3.31. The second kappa shape index (κ2) is 4.79. The lowest BCUT2D eigenvalue weighted by atomic mass is 10.4. The van der Waals surface area contributed by atoms with Crippen molar-refractivity contribution in [2.45, 2.75) is 6.54 Å². The molecule has 0 radical (unpaired) electrons. The van der Waals surface area contributed by atoms with Gasteiger partial charge in [-0.2, -0.15) is 10.1 Å². The second-order valence-electron chi connectivity index (χ2n) is 3.32. The van der Waals surface area contributed by atoms with Gasteiger partial charge in [0.15, 0.2) is 5.82 Å². The van der Waals surface area contributed by atoms with Gasteiger partial charge in [-0.25, -0.2) is 9.67 Å². The molecule has 2 heterocycles. The molecule has 2 aromatic rings. The maximum atomic E-state index is 8.84. The van der Waals surface area contributed by atoms with Gasteiger partial charge in [-0.05, 0) is 0 Å². The summed E-state index contributed by atoms with van der Waals surface area (Å²) < 4.78 is 6.50. The Labute approximate surface area is 97.9 Å².